The van der Waals surface area contributed by atoms with Crippen molar-refractivity contribution in [3.8, 4) is 11.4 Å². The number of likely N-dealkylation sites (N-methyl/N-ethyl adjacent to an activating group) is 1. The average Bonchev–Trinajstić information content (AvgIpc) is 3.29. The Kier molecular flexibility index (Phi) is 8.46. The summed E-state index contributed by atoms with van der Waals surface area (Å²) in [5.41, 5.74) is 14.8. The van der Waals surface area contributed by atoms with Crippen LogP contribution in [0.25, 0.3) is 5.69 Å². The van der Waals surface area contributed by atoms with Gasteiger partial charge in [-0.1, -0.05) is 49.4 Å². The highest BCUT2D eigenvalue weighted by atomic mass is 19.1. The van der Waals surface area contributed by atoms with E-state index in [1.165, 1.54) is 4.68 Å². The second kappa shape index (κ2) is 12.0. The summed E-state index contributed by atoms with van der Waals surface area (Å²) >= 11 is 0. The summed E-state index contributed by atoms with van der Waals surface area (Å²) in [6.07, 6.45) is 0.999. The van der Waals surface area contributed by atoms with Gasteiger partial charge in [-0.25, -0.2) is 9.18 Å². The molecule has 0 radical (unpaired) electrons. The number of benzene rings is 3. The summed E-state index contributed by atoms with van der Waals surface area (Å²) in [6.45, 7) is 2.95. The second-order valence-corrected chi connectivity index (χ2v) is 9.66. The number of nitrogens with one attached hydrogen (secondary N) is 2. The number of para-hydroxylation sites is 2. The Morgan fingerprint density at radius 1 is 1.15 bits per heavy atom. The van der Waals surface area contributed by atoms with Crippen LogP contribution in [0.5, 0.6) is 5.75 Å². The normalized spacial score (nSPS) is 12.0. The number of hydrogen-bond donors (Lipinski definition) is 4. The molecule has 1 aromatic heterocycles. The third-order valence-electron chi connectivity index (χ3n) is 6.54. The number of nitrogen functional groups attached to an aromatic ring is 2. The summed E-state index contributed by atoms with van der Waals surface area (Å²) in [5, 5.41) is 12.2. The van der Waals surface area contributed by atoms with Crippen molar-refractivity contribution in [1.82, 2.24) is 19.7 Å². The number of aromatic amines is 1. The number of anilines is 1. The van der Waals surface area contributed by atoms with Crippen LogP contribution in [0.1, 0.15) is 40.9 Å². The Labute approximate surface area is 226 Å². The van der Waals surface area contributed by atoms with Crippen molar-refractivity contribution in [2.24, 2.45) is 5.73 Å². The summed E-state index contributed by atoms with van der Waals surface area (Å²) in [4.78, 5) is 17.8. The van der Waals surface area contributed by atoms with E-state index in [4.69, 9.17) is 21.6 Å². The lowest BCUT2D eigenvalue weighted by molar-refractivity contribution is 0.251. The van der Waals surface area contributed by atoms with Gasteiger partial charge in [0.25, 0.3) is 0 Å². The van der Waals surface area contributed by atoms with Crippen LogP contribution in [0, 0.1) is 11.2 Å². The zero-order valence-electron chi connectivity index (χ0n) is 22.4. The lowest BCUT2D eigenvalue weighted by atomic mass is 9.89. The van der Waals surface area contributed by atoms with Gasteiger partial charge in [-0.3, -0.25) is 10.4 Å². The van der Waals surface area contributed by atoms with Gasteiger partial charge >= 0.3 is 5.69 Å². The zero-order valence-corrected chi connectivity index (χ0v) is 22.4. The quantitative estimate of drug-likeness (QED) is 0.133. The van der Waals surface area contributed by atoms with Crippen molar-refractivity contribution in [1.29, 1.82) is 5.41 Å². The molecule has 0 amide bonds. The fraction of sp³-hybridized carbons (Fsp3) is 0.276. The van der Waals surface area contributed by atoms with Crippen LogP contribution >= 0.6 is 0 Å². The molecule has 9 nitrogen and oxygen atoms in total. The highest BCUT2D eigenvalue weighted by Gasteiger charge is 2.26. The highest BCUT2D eigenvalue weighted by molar-refractivity contribution is 5.94. The summed E-state index contributed by atoms with van der Waals surface area (Å²) < 4.78 is 23.1. The lowest BCUT2D eigenvalue weighted by Gasteiger charge is -2.20. The topological polar surface area (TPSA) is 139 Å². The lowest BCUT2D eigenvalue weighted by Crippen LogP contribution is -2.20. The molecular formula is C29H34FN7O2. The minimum atomic E-state index is -0.644. The molecule has 4 rings (SSSR count). The largest absolute Gasteiger partial charge is 0.489 e. The molecule has 0 aliphatic carbocycles. The molecule has 1 atom stereocenters. The molecule has 204 valence electrons. The number of nitrogens with two attached hydrogens (primary N) is 2. The molecule has 0 saturated heterocycles. The number of aromatic nitrogens is 3. The Balaban J connectivity index is 1.82. The second-order valence-electron chi connectivity index (χ2n) is 9.66. The summed E-state index contributed by atoms with van der Waals surface area (Å²) in [5.74, 6) is -0.717. The van der Waals surface area contributed by atoms with E-state index in [0.29, 0.717) is 54.3 Å². The van der Waals surface area contributed by atoms with Crippen LogP contribution in [-0.2, 0) is 12.8 Å². The van der Waals surface area contributed by atoms with Crippen LogP contribution in [-0.4, -0.2) is 52.7 Å². The van der Waals surface area contributed by atoms with Crippen molar-refractivity contribution in [3.05, 3.63) is 105 Å². The smallest absolute Gasteiger partial charge is 0.348 e. The Hall–Kier alpha value is -4.44. The van der Waals surface area contributed by atoms with Gasteiger partial charge in [0.2, 0.25) is 0 Å². The summed E-state index contributed by atoms with van der Waals surface area (Å²) in [7, 11) is 3.85. The van der Waals surface area contributed by atoms with Crippen molar-refractivity contribution >= 4 is 11.5 Å². The van der Waals surface area contributed by atoms with Gasteiger partial charge in [0.15, 0.2) is 11.6 Å². The van der Waals surface area contributed by atoms with E-state index in [2.05, 4.69) is 10.1 Å². The highest BCUT2D eigenvalue weighted by Crippen LogP contribution is 2.34. The van der Waals surface area contributed by atoms with Crippen molar-refractivity contribution in [3.63, 3.8) is 0 Å². The third kappa shape index (κ3) is 6.35. The molecule has 0 fully saturated rings. The number of amidine groups is 1. The molecule has 6 N–H and O–H groups in total. The Bertz CT molecular complexity index is 1510. The van der Waals surface area contributed by atoms with E-state index in [1.807, 2.05) is 38.1 Å². The van der Waals surface area contributed by atoms with E-state index >= 15 is 4.39 Å². The van der Waals surface area contributed by atoms with Gasteiger partial charge in [-0.2, -0.15) is 4.68 Å². The van der Waals surface area contributed by atoms with E-state index in [0.717, 1.165) is 11.1 Å². The Morgan fingerprint density at radius 2 is 1.87 bits per heavy atom. The average molecular weight is 532 g/mol. The number of rotatable bonds is 11. The number of halogens is 1. The first-order valence-corrected chi connectivity index (χ1v) is 12.7. The molecular weight excluding hydrogens is 497 g/mol. The number of hydrogen-bond acceptors (Lipinski definition) is 6. The molecule has 0 saturated carbocycles. The van der Waals surface area contributed by atoms with Gasteiger partial charge in [0, 0.05) is 17.7 Å². The van der Waals surface area contributed by atoms with Gasteiger partial charge in [0.05, 0.1) is 17.3 Å². The number of H-pyrrole nitrogens is 1. The maximum absolute atomic E-state index is 16.1. The predicted molar refractivity (Wildman–Crippen MR) is 151 cm³/mol. The van der Waals surface area contributed by atoms with Crippen molar-refractivity contribution in [2.45, 2.75) is 25.7 Å². The third-order valence-corrected chi connectivity index (χ3v) is 6.54. The summed E-state index contributed by atoms with van der Waals surface area (Å²) in [6, 6.07) is 17.6. The predicted octanol–water partition coefficient (Wildman–Crippen LogP) is 3.44. The standard InChI is InChI=1S/C29H34FN7O2/c1-4-18-15-21(26(30)25(17-18)39-14-13-36(2)3)22(16-19-9-11-20(12-10-19)27(32)33)28-34-29(38)37(35-28)24-8-6-5-7-23(24)31/h5-12,15,17,22H,4,13-14,16,31H2,1-3H3,(H3,32,33)(H,34,35,38). The van der Waals surface area contributed by atoms with E-state index < -0.39 is 17.4 Å². The SMILES string of the molecule is CCc1cc(OCCN(C)C)c(F)c(C(Cc2ccc(C(=N)N)cc2)c2nn(-c3ccccc3N)c(=O)[nH]2)c1. The molecule has 39 heavy (non-hydrogen) atoms. The minimum absolute atomic E-state index is 0.0390. The van der Waals surface area contributed by atoms with Crippen LogP contribution in [0.4, 0.5) is 10.1 Å². The fourth-order valence-corrected chi connectivity index (χ4v) is 4.33. The Morgan fingerprint density at radius 3 is 2.51 bits per heavy atom. The molecule has 0 aliphatic rings. The molecule has 3 aromatic carbocycles. The first-order valence-electron chi connectivity index (χ1n) is 12.7. The van der Waals surface area contributed by atoms with Gasteiger partial charge < -0.3 is 21.1 Å². The maximum atomic E-state index is 16.1. The van der Waals surface area contributed by atoms with E-state index in [9.17, 15) is 4.79 Å². The zero-order chi connectivity index (χ0) is 28.1. The first-order chi connectivity index (χ1) is 18.7. The van der Waals surface area contributed by atoms with E-state index in [1.54, 1.807) is 48.5 Å². The molecule has 1 unspecified atom stereocenters. The van der Waals surface area contributed by atoms with E-state index in [-0.39, 0.29) is 11.6 Å². The molecule has 10 heteroatoms. The monoisotopic (exact) mass is 531 g/mol. The number of nitrogens with zero attached hydrogens (tertiary/aromatic N) is 3. The molecule has 4 aromatic rings. The van der Waals surface area contributed by atoms with Gasteiger partial charge in [-0.05, 0) is 56.3 Å². The van der Waals surface area contributed by atoms with Gasteiger partial charge in [-0.15, -0.1) is 5.10 Å². The van der Waals surface area contributed by atoms with Crippen LogP contribution in [0.2, 0.25) is 0 Å². The maximum Gasteiger partial charge on any atom is 0.348 e. The number of aryl methyl sites for hydroxylation is 1. The van der Waals surface area contributed by atoms with Gasteiger partial charge in [0.1, 0.15) is 18.3 Å². The fourth-order valence-electron chi connectivity index (χ4n) is 4.33. The minimum Gasteiger partial charge on any atom is -0.489 e. The molecule has 0 bridgehead atoms. The van der Waals surface area contributed by atoms with Crippen molar-refractivity contribution in [2.75, 3.05) is 33.0 Å². The molecule has 1 heterocycles. The first kappa shape index (κ1) is 27.6. The molecule has 0 spiro atoms. The number of ether oxygens (including phenoxy) is 1. The van der Waals surface area contributed by atoms with Crippen molar-refractivity contribution < 1.29 is 9.13 Å². The van der Waals surface area contributed by atoms with Crippen LogP contribution in [0.3, 0.4) is 0 Å². The van der Waals surface area contributed by atoms with Crippen LogP contribution < -0.4 is 21.9 Å². The molecule has 0 aliphatic heterocycles. The van der Waals surface area contributed by atoms with Crippen LogP contribution in [0.15, 0.2) is 65.5 Å².